The molecule has 1 aromatic heterocycles. The summed E-state index contributed by atoms with van der Waals surface area (Å²) in [4.78, 5) is 19.6. The van der Waals surface area contributed by atoms with Crippen molar-refractivity contribution in [2.45, 2.75) is 30.0 Å². The Morgan fingerprint density at radius 3 is 2.75 bits per heavy atom. The fraction of sp³-hybridized carbons (Fsp3) is 0.278. The summed E-state index contributed by atoms with van der Waals surface area (Å²) in [7, 11) is 0. The van der Waals surface area contributed by atoms with Gasteiger partial charge >= 0.3 is 0 Å². The Bertz CT molecular complexity index is 700. The third-order valence-electron chi connectivity index (χ3n) is 3.38. The highest BCUT2D eigenvalue weighted by atomic mass is 35.5. The SMILES string of the molecule is CC(Sc1ccc(Cl)cc1)C(=O)N(CCC#N)Cc1cccnc1. The van der Waals surface area contributed by atoms with E-state index in [-0.39, 0.29) is 11.2 Å². The van der Waals surface area contributed by atoms with Crippen LogP contribution in [0.4, 0.5) is 0 Å². The zero-order valence-electron chi connectivity index (χ0n) is 13.4. The highest BCUT2D eigenvalue weighted by Gasteiger charge is 2.21. The molecule has 4 nitrogen and oxygen atoms in total. The molecule has 2 aromatic rings. The van der Waals surface area contributed by atoms with Crippen molar-refractivity contribution in [3.63, 3.8) is 0 Å². The molecular weight excluding hydrogens is 342 g/mol. The Balaban J connectivity index is 2.05. The molecule has 0 radical (unpaired) electrons. The van der Waals surface area contributed by atoms with Gasteiger partial charge in [0.1, 0.15) is 0 Å². The topological polar surface area (TPSA) is 57.0 Å². The number of aromatic nitrogens is 1. The number of thioether (sulfide) groups is 1. The molecule has 0 aliphatic carbocycles. The van der Waals surface area contributed by atoms with Gasteiger partial charge in [0, 0.05) is 35.4 Å². The first-order valence-electron chi connectivity index (χ1n) is 7.57. The zero-order chi connectivity index (χ0) is 17.4. The molecule has 0 saturated carbocycles. The van der Waals surface area contributed by atoms with Crippen LogP contribution in [0.1, 0.15) is 18.9 Å². The van der Waals surface area contributed by atoms with Gasteiger partial charge < -0.3 is 4.90 Å². The van der Waals surface area contributed by atoms with Gasteiger partial charge in [0.2, 0.25) is 5.91 Å². The monoisotopic (exact) mass is 359 g/mol. The van der Waals surface area contributed by atoms with Crippen molar-refractivity contribution in [3.05, 3.63) is 59.4 Å². The van der Waals surface area contributed by atoms with Crippen LogP contribution in [-0.4, -0.2) is 27.6 Å². The summed E-state index contributed by atoms with van der Waals surface area (Å²) >= 11 is 7.37. The summed E-state index contributed by atoms with van der Waals surface area (Å²) in [5, 5.41) is 9.27. The minimum atomic E-state index is -0.249. The van der Waals surface area contributed by atoms with E-state index in [4.69, 9.17) is 16.9 Å². The van der Waals surface area contributed by atoms with Crippen LogP contribution in [0.5, 0.6) is 0 Å². The van der Waals surface area contributed by atoms with Gasteiger partial charge in [-0.05, 0) is 42.8 Å². The third-order valence-corrected chi connectivity index (χ3v) is 4.73. The molecule has 1 unspecified atom stereocenters. The molecule has 0 bridgehead atoms. The average molecular weight is 360 g/mol. The summed E-state index contributed by atoms with van der Waals surface area (Å²) in [5.74, 6) is 0.00838. The maximum atomic E-state index is 12.8. The average Bonchev–Trinajstić information content (AvgIpc) is 2.60. The lowest BCUT2D eigenvalue weighted by Crippen LogP contribution is -2.36. The van der Waals surface area contributed by atoms with Crippen LogP contribution < -0.4 is 0 Å². The minimum Gasteiger partial charge on any atom is -0.336 e. The van der Waals surface area contributed by atoms with Crippen LogP contribution in [-0.2, 0) is 11.3 Å². The van der Waals surface area contributed by atoms with Crippen molar-refractivity contribution in [1.82, 2.24) is 9.88 Å². The lowest BCUT2D eigenvalue weighted by atomic mass is 10.2. The molecule has 1 amide bonds. The summed E-state index contributed by atoms with van der Waals surface area (Å²) < 4.78 is 0. The summed E-state index contributed by atoms with van der Waals surface area (Å²) in [6.45, 7) is 2.75. The molecule has 124 valence electrons. The molecule has 1 atom stereocenters. The van der Waals surface area contributed by atoms with E-state index >= 15 is 0 Å². The van der Waals surface area contributed by atoms with Gasteiger partial charge in [-0.3, -0.25) is 9.78 Å². The maximum absolute atomic E-state index is 12.8. The number of benzene rings is 1. The van der Waals surface area contributed by atoms with Crippen molar-refractivity contribution in [2.75, 3.05) is 6.54 Å². The lowest BCUT2D eigenvalue weighted by Gasteiger charge is -2.25. The van der Waals surface area contributed by atoms with E-state index in [9.17, 15) is 4.79 Å². The van der Waals surface area contributed by atoms with Crippen LogP contribution in [0, 0.1) is 11.3 Å². The van der Waals surface area contributed by atoms with E-state index < -0.39 is 0 Å². The van der Waals surface area contributed by atoms with Gasteiger partial charge in [-0.1, -0.05) is 17.7 Å². The van der Waals surface area contributed by atoms with Crippen molar-refractivity contribution in [3.8, 4) is 6.07 Å². The van der Waals surface area contributed by atoms with Gasteiger partial charge in [0.25, 0.3) is 0 Å². The molecule has 0 saturated heterocycles. The molecule has 6 heteroatoms. The summed E-state index contributed by atoms with van der Waals surface area (Å²) in [5.41, 5.74) is 0.951. The van der Waals surface area contributed by atoms with E-state index in [1.165, 1.54) is 11.8 Å². The van der Waals surface area contributed by atoms with E-state index in [1.807, 2.05) is 43.3 Å². The number of hydrogen-bond acceptors (Lipinski definition) is 4. The zero-order valence-corrected chi connectivity index (χ0v) is 14.9. The first-order chi connectivity index (χ1) is 11.6. The maximum Gasteiger partial charge on any atom is 0.236 e. The quantitative estimate of drug-likeness (QED) is 0.696. The standard InChI is InChI=1S/C18H18ClN3OS/c1-14(24-17-7-5-16(19)6-8-17)18(23)22(11-3-9-20)13-15-4-2-10-21-12-15/h2,4-8,10,12,14H,3,11,13H2,1H3. The molecule has 0 aliphatic rings. The first kappa shape index (κ1) is 18.3. The molecule has 1 aromatic carbocycles. The van der Waals surface area contributed by atoms with E-state index in [2.05, 4.69) is 11.1 Å². The molecular formula is C18H18ClN3OS. The largest absolute Gasteiger partial charge is 0.336 e. The number of carbonyl (C=O) groups is 1. The Labute approximate surface area is 151 Å². The van der Waals surface area contributed by atoms with Crippen molar-refractivity contribution < 1.29 is 4.79 Å². The predicted molar refractivity (Wildman–Crippen MR) is 96.7 cm³/mol. The van der Waals surface area contributed by atoms with Gasteiger partial charge in [-0.25, -0.2) is 0 Å². The normalized spacial score (nSPS) is 11.5. The highest BCUT2D eigenvalue weighted by Crippen LogP contribution is 2.26. The number of carbonyl (C=O) groups excluding carboxylic acids is 1. The van der Waals surface area contributed by atoms with Gasteiger partial charge in [0.15, 0.2) is 0 Å². The Morgan fingerprint density at radius 1 is 1.38 bits per heavy atom. The van der Waals surface area contributed by atoms with Crippen LogP contribution >= 0.6 is 23.4 Å². The van der Waals surface area contributed by atoms with Crippen molar-refractivity contribution >= 4 is 29.3 Å². The highest BCUT2D eigenvalue weighted by molar-refractivity contribution is 8.00. The van der Waals surface area contributed by atoms with Crippen molar-refractivity contribution in [2.24, 2.45) is 0 Å². The number of nitriles is 1. The van der Waals surface area contributed by atoms with E-state index in [0.717, 1.165) is 10.5 Å². The predicted octanol–water partition coefficient (Wildman–Crippen LogP) is 4.16. The molecule has 1 heterocycles. The molecule has 24 heavy (non-hydrogen) atoms. The molecule has 0 N–H and O–H groups in total. The fourth-order valence-corrected chi connectivity index (χ4v) is 3.27. The number of hydrogen-bond donors (Lipinski definition) is 0. The molecule has 0 spiro atoms. The molecule has 2 rings (SSSR count). The van der Waals surface area contributed by atoms with Crippen molar-refractivity contribution in [1.29, 1.82) is 5.26 Å². The lowest BCUT2D eigenvalue weighted by molar-refractivity contribution is -0.130. The number of pyridine rings is 1. The van der Waals surface area contributed by atoms with Crippen LogP contribution in [0.2, 0.25) is 5.02 Å². The number of nitrogens with zero attached hydrogens (tertiary/aromatic N) is 3. The third kappa shape index (κ3) is 5.55. The number of halogens is 1. The van der Waals surface area contributed by atoms with Gasteiger partial charge in [0.05, 0.1) is 17.7 Å². The number of rotatable bonds is 7. The van der Waals surface area contributed by atoms with E-state index in [0.29, 0.717) is 24.5 Å². The van der Waals surface area contributed by atoms with Gasteiger partial charge in [-0.15, -0.1) is 11.8 Å². The van der Waals surface area contributed by atoms with E-state index in [1.54, 1.807) is 17.3 Å². The Kier molecular flexibility index (Phi) is 7.10. The van der Waals surface area contributed by atoms with Crippen LogP contribution in [0.15, 0.2) is 53.7 Å². The summed E-state index contributed by atoms with van der Waals surface area (Å²) in [6, 6.07) is 13.3. The Morgan fingerprint density at radius 2 is 2.12 bits per heavy atom. The minimum absolute atomic E-state index is 0.00838. The van der Waals surface area contributed by atoms with Gasteiger partial charge in [-0.2, -0.15) is 5.26 Å². The molecule has 0 fully saturated rings. The summed E-state index contributed by atoms with van der Waals surface area (Å²) in [6.07, 6.45) is 3.75. The second kappa shape index (κ2) is 9.31. The molecule has 0 aliphatic heterocycles. The second-order valence-corrected chi connectivity index (χ2v) is 7.09. The fourth-order valence-electron chi connectivity index (χ4n) is 2.19. The smallest absolute Gasteiger partial charge is 0.236 e. The first-order valence-corrected chi connectivity index (χ1v) is 8.83. The Hall–Kier alpha value is -2.03. The number of amides is 1. The van der Waals surface area contributed by atoms with Crippen LogP contribution in [0.25, 0.3) is 0 Å². The van der Waals surface area contributed by atoms with Crippen LogP contribution in [0.3, 0.4) is 0 Å². The second-order valence-electron chi connectivity index (χ2n) is 5.24.